The van der Waals surface area contributed by atoms with Crippen molar-refractivity contribution in [1.82, 2.24) is 10.6 Å². The van der Waals surface area contributed by atoms with Crippen LogP contribution in [-0.2, 0) is 22.7 Å². The molecule has 5 nitrogen and oxygen atoms in total. The summed E-state index contributed by atoms with van der Waals surface area (Å²) in [6.45, 7) is 2.70. The van der Waals surface area contributed by atoms with E-state index in [9.17, 15) is 4.79 Å². The number of amides is 1. The number of ether oxygens (including phenoxy) is 2. The lowest BCUT2D eigenvalue weighted by Crippen LogP contribution is -2.47. The molecule has 2 N–H and O–H groups in total. The zero-order valence-electron chi connectivity index (χ0n) is 13.8. The number of para-hydroxylation sites is 1. The van der Waals surface area contributed by atoms with Crippen molar-refractivity contribution in [2.45, 2.75) is 19.3 Å². The number of morpholine rings is 1. The zero-order chi connectivity index (χ0) is 17.5. The molecule has 0 saturated carbocycles. The van der Waals surface area contributed by atoms with Gasteiger partial charge in [0.2, 0.25) is 0 Å². The Hall–Kier alpha value is -2.08. The molecule has 0 bridgehead atoms. The Kier molecular flexibility index (Phi) is 6.28. The van der Waals surface area contributed by atoms with E-state index in [0.29, 0.717) is 37.1 Å². The van der Waals surface area contributed by atoms with Gasteiger partial charge in [0.05, 0.1) is 11.6 Å². The van der Waals surface area contributed by atoms with Gasteiger partial charge in [0, 0.05) is 19.6 Å². The second kappa shape index (κ2) is 8.85. The molecule has 3 rings (SSSR count). The first-order valence-electron chi connectivity index (χ1n) is 8.28. The van der Waals surface area contributed by atoms with Crippen molar-refractivity contribution in [3.63, 3.8) is 0 Å². The van der Waals surface area contributed by atoms with Crippen LogP contribution < -0.4 is 15.4 Å². The Morgan fingerprint density at radius 2 is 1.96 bits per heavy atom. The number of rotatable bonds is 6. The van der Waals surface area contributed by atoms with E-state index in [-0.39, 0.29) is 5.91 Å². The fourth-order valence-electron chi connectivity index (χ4n) is 2.62. The van der Waals surface area contributed by atoms with Gasteiger partial charge in [-0.2, -0.15) is 0 Å². The number of carbonyl (C=O) groups excluding carboxylic acids is 1. The Bertz CT molecular complexity index is 717. The van der Waals surface area contributed by atoms with Gasteiger partial charge in [-0.25, -0.2) is 0 Å². The highest BCUT2D eigenvalue weighted by Gasteiger charge is 2.21. The molecule has 132 valence electrons. The number of nitrogens with one attached hydrogen (secondary N) is 2. The van der Waals surface area contributed by atoms with Gasteiger partial charge >= 0.3 is 0 Å². The topological polar surface area (TPSA) is 59.6 Å². The van der Waals surface area contributed by atoms with Crippen LogP contribution in [0.4, 0.5) is 0 Å². The molecule has 2 aromatic rings. The van der Waals surface area contributed by atoms with Crippen LogP contribution in [0.2, 0.25) is 5.02 Å². The summed E-state index contributed by atoms with van der Waals surface area (Å²) in [6, 6.07) is 15.2. The van der Waals surface area contributed by atoms with Gasteiger partial charge in [-0.05, 0) is 23.3 Å². The molecule has 1 saturated heterocycles. The number of hydrogen-bond acceptors (Lipinski definition) is 4. The zero-order valence-corrected chi connectivity index (χ0v) is 14.6. The summed E-state index contributed by atoms with van der Waals surface area (Å²) in [4.78, 5) is 12.2. The first kappa shape index (κ1) is 17.7. The van der Waals surface area contributed by atoms with Crippen LogP contribution in [-0.4, -0.2) is 31.7 Å². The van der Waals surface area contributed by atoms with Crippen LogP contribution in [0.1, 0.15) is 11.1 Å². The standard InChI is InChI=1S/C19H21ClN2O3/c20-16-7-3-4-8-17(16)25-13-15-6-2-1-5-14(15)11-22-19(23)18-12-21-9-10-24-18/h1-8,18,21H,9-13H2,(H,22,23). The van der Waals surface area contributed by atoms with Crippen molar-refractivity contribution in [1.29, 1.82) is 0 Å². The summed E-state index contributed by atoms with van der Waals surface area (Å²) in [5.41, 5.74) is 2.01. The Balaban J connectivity index is 1.59. The van der Waals surface area contributed by atoms with E-state index in [4.69, 9.17) is 21.1 Å². The summed E-state index contributed by atoms with van der Waals surface area (Å²) in [5, 5.41) is 6.66. The van der Waals surface area contributed by atoms with Crippen molar-refractivity contribution in [2.24, 2.45) is 0 Å². The maximum Gasteiger partial charge on any atom is 0.250 e. The molecule has 1 heterocycles. The van der Waals surface area contributed by atoms with E-state index in [0.717, 1.165) is 17.7 Å². The lowest BCUT2D eigenvalue weighted by molar-refractivity contribution is -0.134. The number of carbonyl (C=O) groups is 1. The van der Waals surface area contributed by atoms with Gasteiger partial charge < -0.3 is 20.1 Å². The maximum absolute atomic E-state index is 12.2. The van der Waals surface area contributed by atoms with E-state index in [1.807, 2.05) is 42.5 Å². The van der Waals surface area contributed by atoms with E-state index in [1.165, 1.54) is 0 Å². The molecule has 0 aliphatic carbocycles. The van der Waals surface area contributed by atoms with Crippen molar-refractivity contribution < 1.29 is 14.3 Å². The Labute approximate surface area is 152 Å². The summed E-state index contributed by atoms with van der Waals surface area (Å²) < 4.78 is 11.3. The second-order valence-corrected chi connectivity index (χ2v) is 6.18. The fourth-order valence-corrected chi connectivity index (χ4v) is 2.81. The normalized spacial score (nSPS) is 17.1. The average molecular weight is 361 g/mol. The third kappa shape index (κ3) is 4.95. The van der Waals surface area contributed by atoms with Gasteiger partial charge in [-0.15, -0.1) is 0 Å². The molecule has 2 aromatic carbocycles. The fraction of sp³-hybridized carbons (Fsp3) is 0.316. The predicted octanol–water partition coefficient (Wildman–Crippen LogP) is 2.52. The molecule has 6 heteroatoms. The van der Waals surface area contributed by atoms with Crippen LogP contribution in [0.25, 0.3) is 0 Å². The van der Waals surface area contributed by atoms with Crippen LogP contribution in [0.15, 0.2) is 48.5 Å². The third-order valence-corrected chi connectivity index (χ3v) is 4.32. The predicted molar refractivity (Wildman–Crippen MR) is 96.7 cm³/mol. The highest BCUT2D eigenvalue weighted by molar-refractivity contribution is 6.32. The summed E-state index contributed by atoms with van der Waals surface area (Å²) in [5.74, 6) is 0.540. The molecular weight excluding hydrogens is 340 g/mol. The van der Waals surface area contributed by atoms with E-state index >= 15 is 0 Å². The molecule has 0 radical (unpaired) electrons. The van der Waals surface area contributed by atoms with E-state index in [1.54, 1.807) is 6.07 Å². The van der Waals surface area contributed by atoms with Crippen LogP contribution in [0.3, 0.4) is 0 Å². The Morgan fingerprint density at radius 1 is 1.20 bits per heavy atom. The largest absolute Gasteiger partial charge is 0.487 e. The molecule has 1 unspecified atom stereocenters. The van der Waals surface area contributed by atoms with Crippen molar-refractivity contribution in [2.75, 3.05) is 19.7 Å². The van der Waals surface area contributed by atoms with Crippen molar-refractivity contribution >= 4 is 17.5 Å². The number of benzene rings is 2. The highest BCUT2D eigenvalue weighted by Crippen LogP contribution is 2.24. The maximum atomic E-state index is 12.2. The van der Waals surface area contributed by atoms with Gasteiger partial charge in [0.1, 0.15) is 18.5 Å². The molecule has 1 amide bonds. The van der Waals surface area contributed by atoms with Gasteiger partial charge in [-0.1, -0.05) is 48.0 Å². The molecule has 25 heavy (non-hydrogen) atoms. The first-order valence-corrected chi connectivity index (χ1v) is 8.66. The summed E-state index contributed by atoms with van der Waals surface area (Å²) in [6.07, 6.45) is -0.430. The van der Waals surface area contributed by atoms with Gasteiger partial charge in [0.15, 0.2) is 0 Å². The van der Waals surface area contributed by atoms with E-state index in [2.05, 4.69) is 10.6 Å². The molecular formula is C19H21ClN2O3. The first-order chi connectivity index (χ1) is 12.2. The van der Waals surface area contributed by atoms with E-state index < -0.39 is 6.10 Å². The van der Waals surface area contributed by atoms with Crippen LogP contribution >= 0.6 is 11.6 Å². The molecule has 1 atom stereocenters. The summed E-state index contributed by atoms with van der Waals surface area (Å²) >= 11 is 6.12. The number of halogens is 1. The smallest absolute Gasteiger partial charge is 0.250 e. The second-order valence-electron chi connectivity index (χ2n) is 5.77. The SMILES string of the molecule is O=C(NCc1ccccc1COc1ccccc1Cl)C1CNCCO1. The van der Waals surface area contributed by atoms with Crippen molar-refractivity contribution in [3.05, 3.63) is 64.7 Å². The average Bonchev–Trinajstić information content (AvgIpc) is 2.67. The molecule has 0 spiro atoms. The lowest BCUT2D eigenvalue weighted by atomic mass is 10.1. The minimum Gasteiger partial charge on any atom is -0.487 e. The molecule has 1 fully saturated rings. The molecule has 1 aliphatic heterocycles. The van der Waals surface area contributed by atoms with Gasteiger partial charge in [-0.3, -0.25) is 4.79 Å². The molecule has 0 aromatic heterocycles. The van der Waals surface area contributed by atoms with Crippen molar-refractivity contribution in [3.8, 4) is 5.75 Å². The third-order valence-electron chi connectivity index (χ3n) is 4.01. The lowest BCUT2D eigenvalue weighted by Gasteiger charge is -2.23. The van der Waals surface area contributed by atoms with Crippen LogP contribution in [0, 0.1) is 0 Å². The van der Waals surface area contributed by atoms with Gasteiger partial charge in [0.25, 0.3) is 5.91 Å². The quantitative estimate of drug-likeness (QED) is 0.831. The van der Waals surface area contributed by atoms with Crippen LogP contribution in [0.5, 0.6) is 5.75 Å². The number of hydrogen-bond donors (Lipinski definition) is 2. The molecule has 1 aliphatic rings. The monoisotopic (exact) mass is 360 g/mol. The Morgan fingerprint density at radius 3 is 2.72 bits per heavy atom. The summed E-state index contributed by atoms with van der Waals surface area (Å²) in [7, 11) is 0. The minimum absolute atomic E-state index is 0.103. The minimum atomic E-state index is -0.430. The highest BCUT2D eigenvalue weighted by atomic mass is 35.5.